The Hall–Kier alpha value is -1.47. The Bertz CT molecular complexity index is 622. The van der Waals surface area contributed by atoms with Crippen LogP contribution in [-0.2, 0) is 14.6 Å². The van der Waals surface area contributed by atoms with Gasteiger partial charge in [0.25, 0.3) is 0 Å². The van der Waals surface area contributed by atoms with Crippen molar-refractivity contribution in [2.45, 2.75) is 37.6 Å². The van der Waals surface area contributed by atoms with E-state index in [1.54, 1.807) is 0 Å². The minimum Gasteiger partial charge on any atom is -0.324 e. The molecule has 0 aliphatic rings. The fraction of sp³-hybridized carbons (Fsp3) is 0.500. The number of sulfone groups is 1. The average molecular weight is 316 g/mol. The molecular formula is C14H21FN2O3S. The molecule has 1 aromatic carbocycles. The second-order valence-corrected chi connectivity index (χ2v) is 7.90. The zero-order valence-electron chi connectivity index (χ0n) is 12.7. The minimum absolute atomic E-state index is 0.0352. The first-order chi connectivity index (χ1) is 9.49. The molecule has 0 saturated carbocycles. The number of amides is 1. The third kappa shape index (κ3) is 6.22. The molecule has 0 aliphatic heterocycles. The van der Waals surface area contributed by atoms with Crippen LogP contribution in [0, 0.1) is 5.82 Å². The van der Waals surface area contributed by atoms with Gasteiger partial charge < -0.3 is 10.6 Å². The number of hydrogen-bond acceptors (Lipinski definition) is 4. The van der Waals surface area contributed by atoms with Crippen molar-refractivity contribution in [3.8, 4) is 0 Å². The third-order valence-corrected chi connectivity index (χ3v) is 3.76. The smallest absolute Gasteiger partial charge is 0.225 e. The monoisotopic (exact) mass is 316 g/mol. The number of hydrogen-bond donors (Lipinski definition) is 2. The molecule has 0 unspecified atom stereocenters. The highest BCUT2D eigenvalue weighted by atomic mass is 32.2. The Morgan fingerprint density at radius 1 is 1.29 bits per heavy atom. The van der Waals surface area contributed by atoms with Crippen LogP contribution in [0.4, 0.5) is 10.1 Å². The number of anilines is 1. The van der Waals surface area contributed by atoms with Gasteiger partial charge >= 0.3 is 0 Å². The van der Waals surface area contributed by atoms with Gasteiger partial charge in [0, 0.05) is 24.8 Å². The van der Waals surface area contributed by atoms with E-state index in [2.05, 4.69) is 10.6 Å². The second kappa shape index (κ2) is 6.53. The molecule has 0 aliphatic carbocycles. The largest absolute Gasteiger partial charge is 0.324 e. The van der Waals surface area contributed by atoms with E-state index >= 15 is 0 Å². The van der Waals surface area contributed by atoms with Crippen molar-refractivity contribution in [2.75, 3.05) is 18.1 Å². The summed E-state index contributed by atoms with van der Waals surface area (Å²) in [7, 11) is -3.44. The van der Waals surface area contributed by atoms with E-state index in [-0.39, 0.29) is 28.4 Å². The van der Waals surface area contributed by atoms with Crippen molar-refractivity contribution in [3.63, 3.8) is 0 Å². The van der Waals surface area contributed by atoms with Gasteiger partial charge in [-0.3, -0.25) is 4.79 Å². The third-order valence-electron chi connectivity index (χ3n) is 2.65. The predicted molar refractivity (Wildman–Crippen MR) is 80.5 cm³/mol. The lowest BCUT2D eigenvalue weighted by atomic mass is 10.1. The van der Waals surface area contributed by atoms with E-state index in [1.165, 1.54) is 6.07 Å². The maximum Gasteiger partial charge on any atom is 0.225 e. The van der Waals surface area contributed by atoms with Crippen LogP contribution in [0.2, 0.25) is 0 Å². The Balaban J connectivity index is 2.72. The first-order valence-electron chi connectivity index (χ1n) is 6.53. The van der Waals surface area contributed by atoms with E-state index in [1.807, 2.05) is 20.8 Å². The summed E-state index contributed by atoms with van der Waals surface area (Å²) < 4.78 is 36.4. The van der Waals surface area contributed by atoms with Crippen LogP contribution >= 0.6 is 0 Å². The van der Waals surface area contributed by atoms with E-state index < -0.39 is 15.7 Å². The van der Waals surface area contributed by atoms with Gasteiger partial charge in [0.2, 0.25) is 5.91 Å². The van der Waals surface area contributed by atoms with Crippen LogP contribution in [0.15, 0.2) is 23.1 Å². The fourth-order valence-corrected chi connectivity index (χ4v) is 2.24. The highest BCUT2D eigenvalue weighted by molar-refractivity contribution is 7.90. The molecule has 0 heterocycles. The molecular weight excluding hydrogens is 295 g/mol. The van der Waals surface area contributed by atoms with E-state index in [0.29, 0.717) is 6.54 Å². The maximum absolute atomic E-state index is 13.6. The zero-order chi connectivity index (χ0) is 16.3. The number of nitrogens with one attached hydrogen (secondary N) is 2. The highest BCUT2D eigenvalue weighted by Crippen LogP contribution is 2.19. The van der Waals surface area contributed by atoms with Gasteiger partial charge in [-0.15, -0.1) is 0 Å². The highest BCUT2D eigenvalue weighted by Gasteiger charge is 2.14. The lowest BCUT2D eigenvalue weighted by Crippen LogP contribution is -2.37. The van der Waals surface area contributed by atoms with Crippen molar-refractivity contribution in [1.29, 1.82) is 0 Å². The normalized spacial score (nSPS) is 12.2. The summed E-state index contributed by atoms with van der Waals surface area (Å²) in [5.41, 5.74) is -0.236. The summed E-state index contributed by atoms with van der Waals surface area (Å²) in [6.45, 7) is 6.36. The molecule has 0 saturated heterocycles. The Morgan fingerprint density at radius 2 is 1.90 bits per heavy atom. The fourth-order valence-electron chi connectivity index (χ4n) is 1.59. The first-order valence-corrected chi connectivity index (χ1v) is 8.43. The van der Waals surface area contributed by atoms with Gasteiger partial charge in [-0.25, -0.2) is 12.8 Å². The van der Waals surface area contributed by atoms with Crippen molar-refractivity contribution >= 4 is 21.4 Å². The van der Waals surface area contributed by atoms with Crippen LogP contribution in [0.3, 0.4) is 0 Å². The molecule has 5 nitrogen and oxygen atoms in total. The van der Waals surface area contributed by atoms with Crippen LogP contribution in [0.5, 0.6) is 0 Å². The van der Waals surface area contributed by atoms with E-state index in [0.717, 1.165) is 18.4 Å². The Morgan fingerprint density at radius 3 is 2.43 bits per heavy atom. The molecule has 0 aromatic heterocycles. The summed E-state index contributed by atoms with van der Waals surface area (Å²) >= 11 is 0. The van der Waals surface area contributed by atoms with Crippen molar-refractivity contribution in [3.05, 3.63) is 24.0 Å². The van der Waals surface area contributed by atoms with Crippen LogP contribution in [-0.4, -0.2) is 32.7 Å². The van der Waals surface area contributed by atoms with Crippen LogP contribution in [0.1, 0.15) is 27.2 Å². The van der Waals surface area contributed by atoms with Gasteiger partial charge in [-0.05, 0) is 39.0 Å². The lowest BCUT2D eigenvalue weighted by Gasteiger charge is -2.20. The van der Waals surface area contributed by atoms with Gasteiger partial charge in [0.1, 0.15) is 5.82 Å². The molecule has 2 N–H and O–H groups in total. The summed E-state index contributed by atoms with van der Waals surface area (Å²) in [5.74, 6) is -1.05. The molecule has 0 fully saturated rings. The zero-order valence-corrected chi connectivity index (χ0v) is 13.5. The van der Waals surface area contributed by atoms with E-state index in [4.69, 9.17) is 0 Å². The van der Waals surface area contributed by atoms with Gasteiger partial charge in [0.05, 0.1) is 10.6 Å². The molecule has 118 valence electrons. The van der Waals surface area contributed by atoms with Crippen molar-refractivity contribution < 1.29 is 17.6 Å². The number of halogens is 1. The summed E-state index contributed by atoms with van der Waals surface area (Å²) in [6, 6.07) is 3.32. The number of rotatable bonds is 5. The average Bonchev–Trinajstić information content (AvgIpc) is 2.28. The molecule has 1 amide bonds. The number of benzene rings is 1. The summed E-state index contributed by atoms with van der Waals surface area (Å²) in [4.78, 5) is 11.7. The van der Waals surface area contributed by atoms with Crippen LogP contribution < -0.4 is 10.6 Å². The van der Waals surface area contributed by atoms with Gasteiger partial charge in [0.15, 0.2) is 9.84 Å². The van der Waals surface area contributed by atoms with E-state index in [9.17, 15) is 17.6 Å². The second-order valence-electron chi connectivity index (χ2n) is 5.89. The standard InChI is InChI=1S/C14H21FN2O3S/c1-14(2,3)16-8-7-13(18)17-12-9-10(21(4,19)20)5-6-11(12)15/h5-6,9,16H,7-8H2,1-4H3,(H,17,18). The molecule has 0 spiro atoms. The Kier molecular flexibility index (Phi) is 5.47. The molecule has 0 radical (unpaired) electrons. The SMILES string of the molecule is CC(C)(C)NCCC(=O)Nc1cc(S(C)(=O)=O)ccc1F. The molecule has 1 aromatic rings. The first kappa shape index (κ1) is 17.6. The quantitative estimate of drug-likeness (QED) is 0.814. The number of carbonyl (C=O) groups excluding carboxylic acids is 1. The van der Waals surface area contributed by atoms with Crippen molar-refractivity contribution in [1.82, 2.24) is 5.32 Å². The number of carbonyl (C=O) groups is 1. The molecule has 0 atom stereocenters. The van der Waals surface area contributed by atoms with Crippen molar-refractivity contribution in [2.24, 2.45) is 0 Å². The Labute approximate surface area is 124 Å². The molecule has 1 rings (SSSR count). The minimum atomic E-state index is -3.44. The summed E-state index contributed by atoms with van der Waals surface area (Å²) in [5, 5.41) is 5.53. The van der Waals surface area contributed by atoms with Gasteiger partial charge in [-0.2, -0.15) is 0 Å². The molecule has 0 bridgehead atoms. The lowest BCUT2D eigenvalue weighted by molar-refractivity contribution is -0.116. The van der Waals surface area contributed by atoms with Gasteiger partial charge in [-0.1, -0.05) is 0 Å². The van der Waals surface area contributed by atoms with Crippen LogP contribution in [0.25, 0.3) is 0 Å². The predicted octanol–water partition coefficient (Wildman–Crippen LogP) is 1.95. The molecule has 7 heteroatoms. The topological polar surface area (TPSA) is 75.3 Å². The molecule has 21 heavy (non-hydrogen) atoms. The summed E-state index contributed by atoms with van der Waals surface area (Å²) in [6.07, 6.45) is 1.19. The maximum atomic E-state index is 13.6.